The van der Waals surface area contributed by atoms with Crippen LogP contribution in [-0.2, 0) is 9.47 Å². The van der Waals surface area contributed by atoms with Crippen molar-refractivity contribution in [1.82, 2.24) is 0 Å². The summed E-state index contributed by atoms with van der Waals surface area (Å²) in [5.74, 6) is 0. The molecule has 0 saturated carbocycles. The highest BCUT2D eigenvalue weighted by Gasteiger charge is 2.44. The predicted molar refractivity (Wildman–Crippen MR) is 54.3 cm³/mol. The molecule has 2 fully saturated rings. The summed E-state index contributed by atoms with van der Waals surface area (Å²) in [7, 11) is 0. The first-order valence-electron chi connectivity index (χ1n) is 5.11. The zero-order valence-electron chi connectivity index (χ0n) is 8.61. The number of hydrogen-bond donors (Lipinski definition) is 2. The van der Waals surface area contributed by atoms with Gasteiger partial charge in [0.2, 0.25) is 0 Å². The first kappa shape index (κ1) is 10.8. The van der Waals surface area contributed by atoms with Crippen molar-refractivity contribution < 1.29 is 19.7 Å². The lowest BCUT2D eigenvalue weighted by Gasteiger charge is -1.96. The topological polar surface area (TPSA) is 65.5 Å². The second-order valence-electron chi connectivity index (χ2n) is 3.98. The van der Waals surface area contributed by atoms with Crippen LogP contribution in [0.4, 0.5) is 0 Å². The lowest BCUT2D eigenvalue weighted by atomic mass is 10.1. The van der Waals surface area contributed by atoms with Gasteiger partial charge in [-0.1, -0.05) is 18.2 Å². The van der Waals surface area contributed by atoms with E-state index in [0.29, 0.717) is 0 Å². The largest absolute Gasteiger partial charge is 0.391 e. The van der Waals surface area contributed by atoms with Crippen LogP contribution < -0.4 is 0 Å². The van der Waals surface area contributed by atoms with Gasteiger partial charge in [0.15, 0.2) is 0 Å². The minimum atomic E-state index is -0.604. The Morgan fingerprint density at radius 3 is 2.13 bits per heavy atom. The lowest BCUT2D eigenvalue weighted by Crippen LogP contribution is -2.12. The van der Waals surface area contributed by atoms with Crippen molar-refractivity contribution in [3.05, 3.63) is 24.8 Å². The Bertz CT molecular complexity index is 274. The number of rotatable bonds is 5. The summed E-state index contributed by atoms with van der Waals surface area (Å²) in [6, 6.07) is 0. The monoisotopic (exact) mass is 212 g/mol. The summed E-state index contributed by atoms with van der Waals surface area (Å²) in [4.78, 5) is 0. The molecule has 0 aromatic carbocycles. The van der Waals surface area contributed by atoms with Crippen molar-refractivity contribution >= 4 is 0 Å². The minimum Gasteiger partial charge on any atom is -0.391 e. The van der Waals surface area contributed by atoms with Crippen molar-refractivity contribution in [2.24, 2.45) is 0 Å². The fraction of sp³-hybridized carbons (Fsp3) is 0.636. The highest BCUT2D eigenvalue weighted by molar-refractivity contribution is 5.13. The highest BCUT2D eigenvalue weighted by atomic mass is 16.6. The molecule has 6 unspecified atom stereocenters. The van der Waals surface area contributed by atoms with E-state index in [0.717, 1.165) is 0 Å². The highest BCUT2D eigenvalue weighted by Crippen LogP contribution is 2.31. The fourth-order valence-electron chi connectivity index (χ4n) is 1.60. The van der Waals surface area contributed by atoms with Crippen LogP contribution in [0.2, 0.25) is 0 Å². The Morgan fingerprint density at radius 2 is 1.67 bits per heavy atom. The average molecular weight is 212 g/mol. The molecule has 15 heavy (non-hydrogen) atoms. The maximum absolute atomic E-state index is 9.34. The molecule has 0 bridgehead atoms. The van der Waals surface area contributed by atoms with Crippen LogP contribution in [-0.4, -0.2) is 46.8 Å². The van der Waals surface area contributed by atoms with E-state index in [1.165, 1.54) is 6.08 Å². The van der Waals surface area contributed by atoms with E-state index in [9.17, 15) is 10.2 Å². The van der Waals surface area contributed by atoms with Gasteiger partial charge in [0.25, 0.3) is 0 Å². The Balaban J connectivity index is 1.72. The van der Waals surface area contributed by atoms with Crippen molar-refractivity contribution in [1.29, 1.82) is 0 Å². The number of hydrogen-bond acceptors (Lipinski definition) is 4. The third kappa shape index (κ3) is 2.46. The van der Waals surface area contributed by atoms with Crippen LogP contribution in [0.15, 0.2) is 24.8 Å². The van der Waals surface area contributed by atoms with Crippen LogP contribution >= 0.6 is 0 Å². The normalized spacial score (nSPS) is 42.6. The Kier molecular flexibility index (Phi) is 2.93. The van der Waals surface area contributed by atoms with E-state index in [2.05, 4.69) is 6.58 Å². The second kappa shape index (κ2) is 4.06. The van der Waals surface area contributed by atoms with Gasteiger partial charge < -0.3 is 19.7 Å². The predicted octanol–water partition coefficient (Wildman–Crippen LogP) is 0.00510. The number of aliphatic hydroxyl groups excluding tert-OH is 2. The minimum absolute atomic E-state index is 0.00396. The van der Waals surface area contributed by atoms with E-state index in [1.54, 1.807) is 6.92 Å². The van der Waals surface area contributed by atoms with E-state index in [1.807, 2.05) is 12.2 Å². The van der Waals surface area contributed by atoms with Crippen molar-refractivity contribution in [2.75, 3.05) is 0 Å². The summed E-state index contributed by atoms with van der Waals surface area (Å²) in [5, 5.41) is 18.5. The van der Waals surface area contributed by atoms with Gasteiger partial charge in [-0.3, -0.25) is 0 Å². The molecule has 0 radical (unpaired) electrons. The van der Waals surface area contributed by atoms with E-state index in [-0.39, 0.29) is 24.4 Å². The van der Waals surface area contributed by atoms with Crippen LogP contribution in [0.3, 0.4) is 0 Å². The van der Waals surface area contributed by atoms with Crippen molar-refractivity contribution in [2.45, 2.75) is 43.5 Å². The summed E-state index contributed by atoms with van der Waals surface area (Å²) >= 11 is 0. The van der Waals surface area contributed by atoms with Crippen LogP contribution in [0, 0.1) is 0 Å². The van der Waals surface area contributed by atoms with Gasteiger partial charge >= 0.3 is 0 Å². The molecule has 84 valence electrons. The molecule has 2 N–H and O–H groups in total. The molecular weight excluding hydrogens is 196 g/mol. The van der Waals surface area contributed by atoms with Gasteiger partial charge in [-0.25, -0.2) is 0 Å². The zero-order valence-corrected chi connectivity index (χ0v) is 8.61. The van der Waals surface area contributed by atoms with Crippen molar-refractivity contribution in [3.8, 4) is 0 Å². The summed E-state index contributed by atoms with van der Waals surface area (Å²) < 4.78 is 10.4. The second-order valence-corrected chi connectivity index (χ2v) is 3.98. The maximum Gasteiger partial charge on any atom is 0.118 e. The van der Waals surface area contributed by atoms with Gasteiger partial charge in [-0.05, 0) is 6.92 Å². The van der Waals surface area contributed by atoms with Gasteiger partial charge in [-0.2, -0.15) is 0 Å². The van der Waals surface area contributed by atoms with Crippen LogP contribution in [0.1, 0.15) is 6.92 Å². The standard InChI is InChI=1S/C11H16O4/c1-3-7(13)11-9(15-11)5-4-8-10(14-8)6(2)12/h3-13H,1H2,2H3/b5-4+. The molecule has 0 aromatic rings. The third-order valence-electron chi connectivity index (χ3n) is 2.67. The third-order valence-corrected chi connectivity index (χ3v) is 2.67. The lowest BCUT2D eigenvalue weighted by molar-refractivity contribution is 0.152. The van der Waals surface area contributed by atoms with Gasteiger partial charge in [0.05, 0.1) is 6.10 Å². The molecular formula is C11H16O4. The number of epoxide rings is 2. The molecule has 6 atom stereocenters. The van der Waals surface area contributed by atoms with E-state index in [4.69, 9.17) is 9.47 Å². The molecule has 0 spiro atoms. The first-order valence-corrected chi connectivity index (χ1v) is 5.11. The van der Waals surface area contributed by atoms with E-state index >= 15 is 0 Å². The molecule has 2 rings (SSSR count). The molecule has 2 aliphatic rings. The Morgan fingerprint density at radius 1 is 1.13 bits per heavy atom. The zero-order chi connectivity index (χ0) is 11.0. The quantitative estimate of drug-likeness (QED) is 0.497. The molecule has 0 amide bonds. The van der Waals surface area contributed by atoms with Gasteiger partial charge in [0.1, 0.15) is 30.5 Å². The SMILES string of the molecule is C=CC(O)C1OC1/C=C/C1OC1C(C)O. The van der Waals surface area contributed by atoms with Gasteiger partial charge in [-0.15, -0.1) is 6.58 Å². The molecule has 0 aromatic heterocycles. The molecule has 4 nitrogen and oxygen atoms in total. The van der Waals surface area contributed by atoms with Crippen LogP contribution in [0.5, 0.6) is 0 Å². The molecule has 2 saturated heterocycles. The fourth-order valence-corrected chi connectivity index (χ4v) is 1.60. The Hall–Kier alpha value is -0.680. The number of ether oxygens (including phenoxy) is 2. The van der Waals surface area contributed by atoms with E-state index < -0.39 is 12.2 Å². The summed E-state index contributed by atoms with van der Waals surface area (Å²) in [6.07, 6.45) is 3.87. The molecule has 0 aliphatic carbocycles. The summed E-state index contributed by atoms with van der Waals surface area (Å²) in [6.45, 7) is 5.19. The molecule has 2 aliphatic heterocycles. The van der Waals surface area contributed by atoms with Crippen LogP contribution in [0.25, 0.3) is 0 Å². The van der Waals surface area contributed by atoms with Crippen molar-refractivity contribution in [3.63, 3.8) is 0 Å². The molecule has 2 heterocycles. The summed E-state index contributed by atoms with van der Waals surface area (Å²) in [5.41, 5.74) is 0. The smallest absolute Gasteiger partial charge is 0.118 e. The maximum atomic E-state index is 9.34. The number of aliphatic hydroxyl groups is 2. The Labute approximate surface area is 88.8 Å². The van der Waals surface area contributed by atoms with Gasteiger partial charge in [0, 0.05) is 0 Å². The molecule has 4 heteroatoms. The first-order chi connectivity index (χ1) is 7.13. The average Bonchev–Trinajstić information content (AvgIpc) is 3.06.